The Hall–Kier alpha value is -1.94. The summed E-state index contributed by atoms with van der Waals surface area (Å²) in [7, 11) is 0. The Labute approximate surface area is 141 Å². The van der Waals surface area contributed by atoms with Gasteiger partial charge < -0.3 is 9.72 Å². The highest BCUT2D eigenvalue weighted by Gasteiger charge is 2.08. The normalized spacial score (nSPS) is 11.3. The van der Waals surface area contributed by atoms with Gasteiger partial charge in [0.1, 0.15) is 5.75 Å². The highest BCUT2D eigenvalue weighted by atomic mass is 32.2. The first-order chi connectivity index (χ1) is 11.1. The molecule has 3 nitrogen and oxygen atoms in total. The molecular weight excluding hydrogens is 304 g/mol. The van der Waals surface area contributed by atoms with E-state index < -0.39 is 0 Å². The molecule has 1 aromatic heterocycles. The standard InChI is InChI=1S/C19H22N2OS/c1-13(2)15-12-14(3)8-9-18(15)22-10-11-23-19-20-16-6-4-5-7-17(16)21-19/h4-9,12-13H,10-11H2,1-3H3,(H,20,21). The van der Waals surface area contributed by atoms with Gasteiger partial charge in [0, 0.05) is 5.75 Å². The summed E-state index contributed by atoms with van der Waals surface area (Å²) in [4.78, 5) is 7.89. The molecule has 3 rings (SSSR count). The van der Waals surface area contributed by atoms with Gasteiger partial charge in [0.15, 0.2) is 5.16 Å². The van der Waals surface area contributed by atoms with Crippen LogP contribution in [0.25, 0.3) is 11.0 Å². The van der Waals surface area contributed by atoms with Gasteiger partial charge in [0.05, 0.1) is 17.6 Å². The predicted octanol–water partition coefficient (Wildman–Crippen LogP) is 5.17. The van der Waals surface area contributed by atoms with E-state index in [4.69, 9.17) is 4.74 Å². The molecular formula is C19H22N2OS. The molecule has 0 aliphatic rings. The lowest BCUT2D eigenvalue weighted by Gasteiger charge is -2.14. The zero-order chi connectivity index (χ0) is 16.2. The van der Waals surface area contributed by atoms with Gasteiger partial charge in [0.2, 0.25) is 0 Å². The smallest absolute Gasteiger partial charge is 0.166 e. The Balaban J connectivity index is 1.57. The largest absolute Gasteiger partial charge is 0.492 e. The van der Waals surface area contributed by atoms with Gasteiger partial charge in [-0.1, -0.05) is 55.4 Å². The second-order valence-corrected chi connectivity index (χ2v) is 7.04. The van der Waals surface area contributed by atoms with Gasteiger partial charge in [-0.25, -0.2) is 4.98 Å². The van der Waals surface area contributed by atoms with Crippen molar-refractivity contribution >= 4 is 22.8 Å². The zero-order valence-electron chi connectivity index (χ0n) is 13.8. The minimum Gasteiger partial charge on any atom is -0.492 e. The molecule has 0 amide bonds. The summed E-state index contributed by atoms with van der Waals surface area (Å²) in [6.45, 7) is 7.19. The summed E-state index contributed by atoms with van der Waals surface area (Å²) in [5.74, 6) is 2.33. The minimum atomic E-state index is 0.466. The van der Waals surface area contributed by atoms with Crippen LogP contribution in [0, 0.1) is 6.92 Å². The van der Waals surface area contributed by atoms with Crippen LogP contribution in [0.1, 0.15) is 30.9 Å². The van der Waals surface area contributed by atoms with Gasteiger partial charge in [-0.05, 0) is 36.6 Å². The Morgan fingerprint density at radius 3 is 2.78 bits per heavy atom. The first-order valence-corrected chi connectivity index (χ1v) is 8.93. The third kappa shape index (κ3) is 3.88. The van der Waals surface area contributed by atoms with Crippen LogP contribution in [-0.4, -0.2) is 22.3 Å². The maximum atomic E-state index is 5.99. The second kappa shape index (κ2) is 7.09. The van der Waals surface area contributed by atoms with Gasteiger partial charge >= 0.3 is 0 Å². The van der Waals surface area contributed by atoms with Crippen molar-refractivity contribution in [3.05, 3.63) is 53.6 Å². The van der Waals surface area contributed by atoms with Crippen LogP contribution in [0.15, 0.2) is 47.6 Å². The number of benzene rings is 2. The lowest BCUT2D eigenvalue weighted by molar-refractivity contribution is 0.338. The summed E-state index contributed by atoms with van der Waals surface area (Å²) < 4.78 is 5.99. The molecule has 0 aliphatic heterocycles. The lowest BCUT2D eigenvalue weighted by atomic mass is 10.00. The number of imidazole rings is 1. The quantitative estimate of drug-likeness (QED) is 0.502. The van der Waals surface area contributed by atoms with Crippen LogP contribution in [-0.2, 0) is 0 Å². The number of ether oxygens (including phenoxy) is 1. The van der Waals surface area contributed by atoms with Crippen molar-refractivity contribution in [3.8, 4) is 5.75 Å². The van der Waals surface area contributed by atoms with E-state index in [0.29, 0.717) is 12.5 Å². The summed E-state index contributed by atoms with van der Waals surface area (Å²) in [5.41, 5.74) is 4.64. The van der Waals surface area contributed by atoms with Crippen molar-refractivity contribution < 1.29 is 4.74 Å². The number of para-hydroxylation sites is 2. The van der Waals surface area contributed by atoms with Crippen LogP contribution in [0.2, 0.25) is 0 Å². The number of rotatable bonds is 6. The Morgan fingerprint density at radius 1 is 1.17 bits per heavy atom. The van der Waals surface area contributed by atoms with Crippen LogP contribution >= 0.6 is 11.8 Å². The average molecular weight is 326 g/mol. The number of aromatic nitrogens is 2. The maximum absolute atomic E-state index is 5.99. The van der Waals surface area contributed by atoms with Crippen LogP contribution in [0.5, 0.6) is 5.75 Å². The van der Waals surface area contributed by atoms with Crippen molar-refractivity contribution in [2.45, 2.75) is 31.8 Å². The van der Waals surface area contributed by atoms with E-state index in [1.807, 2.05) is 24.3 Å². The number of aryl methyl sites for hydroxylation is 1. The first kappa shape index (κ1) is 15.9. The van der Waals surface area contributed by atoms with Gasteiger partial charge in [0.25, 0.3) is 0 Å². The van der Waals surface area contributed by atoms with Crippen LogP contribution in [0.3, 0.4) is 0 Å². The third-order valence-electron chi connectivity index (χ3n) is 3.73. The van der Waals surface area contributed by atoms with E-state index in [0.717, 1.165) is 27.7 Å². The molecule has 0 bridgehead atoms. The highest BCUT2D eigenvalue weighted by Crippen LogP contribution is 2.28. The van der Waals surface area contributed by atoms with E-state index >= 15 is 0 Å². The highest BCUT2D eigenvalue weighted by molar-refractivity contribution is 7.99. The lowest BCUT2D eigenvalue weighted by Crippen LogP contribution is -2.04. The van der Waals surface area contributed by atoms with Crippen LogP contribution in [0.4, 0.5) is 0 Å². The molecule has 120 valence electrons. The Kier molecular flexibility index (Phi) is 4.91. The molecule has 1 heterocycles. The summed E-state index contributed by atoms with van der Waals surface area (Å²) in [5, 5.41) is 0.947. The predicted molar refractivity (Wildman–Crippen MR) is 97.6 cm³/mol. The molecule has 3 aromatic rings. The van der Waals surface area contributed by atoms with E-state index in [1.165, 1.54) is 11.1 Å². The number of nitrogens with one attached hydrogen (secondary N) is 1. The molecule has 0 aliphatic carbocycles. The zero-order valence-corrected chi connectivity index (χ0v) is 14.6. The number of thioether (sulfide) groups is 1. The number of H-pyrrole nitrogens is 1. The molecule has 23 heavy (non-hydrogen) atoms. The van der Waals surface area contributed by atoms with E-state index in [2.05, 4.69) is 48.9 Å². The molecule has 0 fully saturated rings. The molecule has 4 heteroatoms. The summed E-state index contributed by atoms with van der Waals surface area (Å²) >= 11 is 1.69. The fraction of sp³-hybridized carbons (Fsp3) is 0.316. The summed E-state index contributed by atoms with van der Waals surface area (Å²) in [6.07, 6.45) is 0. The number of fused-ring (bicyclic) bond motifs is 1. The third-order valence-corrected chi connectivity index (χ3v) is 4.57. The molecule has 0 spiro atoms. The van der Waals surface area contributed by atoms with Gasteiger partial charge in [-0.2, -0.15) is 0 Å². The summed E-state index contributed by atoms with van der Waals surface area (Å²) in [6, 6.07) is 14.5. The van der Waals surface area contributed by atoms with E-state index in [9.17, 15) is 0 Å². The first-order valence-electron chi connectivity index (χ1n) is 7.94. The monoisotopic (exact) mass is 326 g/mol. The van der Waals surface area contributed by atoms with Gasteiger partial charge in [-0.15, -0.1) is 0 Å². The van der Waals surface area contributed by atoms with E-state index in [1.54, 1.807) is 11.8 Å². The second-order valence-electron chi connectivity index (χ2n) is 5.95. The number of hydrogen-bond acceptors (Lipinski definition) is 3. The molecule has 0 atom stereocenters. The van der Waals surface area contributed by atoms with Crippen molar-refractivity contribution in [1.82, 2.24) is 9.97 Å². The fourth-order valence-electron chi connectivity index (χ4n) is 2.54. The van der Waals surface area contributed by atoms with E-state index in [-0.39, 0.29) is 0 Å². The van der Waals surface area contributed by atoms with Crippen molar-refractivity contribution in [2.75, 3.05) is 12.4 Å². The number of hydrogen-bond donors (Lipinski definition) is 1. The Morgan fingerprint density at radius 2 is 2.00 bits per heavy atom. The SMILES string of the molecule is Cc1ccc(OCCSc2nc3ccccc3[nH]2)c(C(C)C)c1. The van der Waals surface area contributed by atoms with Crippen LogP contribution < -0.4 is 4.74 Å². The number of aromatic amines is 1. The van der Waals surface area contributed by atoms with Crippen molar-refractivity contribution in [3.63, 3.8) is 0 Å². The fourth-order valence-corrected chi connectivity index (χ4v) is 3.24. The maximum Gasteiger partial charge on any atom is 0.166 e. The molecule has 0 saturated heterocycles. The van der Waals surface area contributed by atoms with Gasteiger partial charge in [-0.3, -0.25) is 0 Å². The Bertz CT molecular complexity index is 762. The average Bonchev–Trinajstić information content (AvgIpc) is 2.95. The van der Waals surface area contributed by atoms with Crippen molar-refractivity contribution in [1.29, 1.82) is 0 Å². The molecule has 0 radical (unpaired) electrons. The topological polar surface area (TPSA) is 37.9 Å². The minimum absolute atomic E-state index is 0.466. The molecule has 2 aromatic carbocycles. The molecule has 0 unspecified atom stereocenters. The molecule has 1 N–H and O–H groups in total. The van der Waals surface area contributed by atoms with Crippen molar-refractivity contribution in [2.24, 2.45) is 0 Å². The molecule has 0 saturated carbocycles. The number of nitrogens with zero attached hydrogens (tertiary/aromatic N) is 1.